The molecule has 0 saturated heterocycles. The summed E-state index contributed by atoms with van der Waals surface area (Å²) < 4.78 is 3.91. The molecule has 0 bridgehead atoms. The predicted octanol–water partition coefficient (Wildman–Crippen LogP) is 4.91. The fourth-order valence-corrected chi connectivity index (χ4v) is 5.71. The SMILES string of the molecule is Cc1c(-c2cccnc2)ncn1-c1ccnc2c1c(C(C)C)nn2-c1ccc(C(N)=O)c(NC2CCC(O)CC2)c1. The number of carbonyl (C=O) groups excluding carboxylic acids is 1. The first-order valence-corrected chi connectivity index (χ1v) is 14.0. The van der Waals surface area contributed by atoms with Crippen LogP contribution in [0.1, 0.15) is 67.2 Å². The third-order valence-corrected chi connectivity index (χ3v) is 7.89. The maximum atomic E-state index is 12.3. The smallest absolute Gasteiger partial charge is 0.250 e. The Morgan fingerprint density at radius 1 is 1.10 bits per heavy atom. The van der Waals surface area contributed by atoms with E-state index in [0.29, 0.717) is 16.9 Å². The number of amides is 1. The fourth-order valence-electron chi connectivity index (χ4n) is 5.71. The van der Waals surface area contributed by atoms with Gasteiger partial charge in [-0.2, -0.15) is 5.10 Å². The van der Waals surface area contributed by atoms with Crippen molar-refractivity contribution in [3.8, 4) is 22.6 Å². The van der Waals surface area contributed by atoms with Crippen LogP contribution in [0.15, 0.2) is 61.3 Å². The Bertz CT molecular complexity index is 1720. The number of anilines is 1. The second-order valence-electron chi connectivity index (χ2n) is 11.0. The van der Waals surface area contributed by atoms with E-state index in [1.54, 1.807) is 18.5 Å². The monoisotopic (exact) mass is 550 g/mol. The maximum absolute atomic E-state index is 12.3. The number of nitrogens with zero attached hydrogens (tertiary/aromatic N) is 6. The van der Waals surface area contributed by atoms with Gasteiger partial charge in [0, 0.05) is 41.6 Å². The van der Waals surface area contributed by atoms with Gasteiger partial charge < -0.3 is 20.7 Å². The maximum Gasteiger partial charge on any atom is 0.250 e. The zero-order valence-corrected chi connectivity index (χ0v) is 23.5. The van der Waals surface area contributed by atoms with Gasteiger partial charge in [-0.25, -0.2) is 14.6 Å². The summed E-state index contributed by atoms with van der Waals surface area (Å²) in [6.07, 6.45) is 10.0. The number of rotatable bonds is 7. The average Bonchev–Trinajstić information content (AvgIpc) is 3.56. The molecule has 0 spiro atoms. The van der Waals surface area contributed by atoms with Crippen molar-refractivity contribution in [1.29, 1.82) is 0 Å². The van der Waals surface area contributed by atoms with Crippen molar-refractivity contribution in [1.82, 2.24) is 29.3 Å². The van der Waals surface area contributed by atoms with Crippen LogP contribution in [0.2, 0.25) is 0 Å². The Balaban J connectivity index is 1.47. The van der Waals surface area contributed by atoms with Gasteiger partial charge in [0.15, 0.2) is 5.65 Å². The van der Waals surface area contributed by atoms with Crippen LogP contribution in [0, 0.1) is 6.92 Å². The zero-order valence-electron chi connectivity index (χ0n) is 23.5. The summed E-state index contributed by atoms with van der Waals surface area (Å²) in [6.45, 7) is 6.28. The van der Waals surface area contributed by atoms with Gasteiger partial charge >= 0.3 is 0 Å². The minimum absolute atomic E-state index is 0.125. The molecule has 0 aliphatic heterocycles. The first-order chi connectivity index (χ1) is 19.8. The number of imidazole rings is 1. The second kappa shape index (κ2) is 10.8. The van der Waals surface area contributed by atoms with E-state index in [9.17, 15) is 9.90 Å². The highest BCUT2D eigenvalue weighted by Gasteiger charge is 2.24. The molecule has 5 aromatic rings. The number of aromatic nitrogens is 6. The Morgan fingerprint density at radius 3 is 2.61 bits per heavy atom. The number of carbonyl (C=O) groups is 1. The molecule has 1 amide bonds. The average molecular weight is 551 g/mol. The molecule has 0 radical (unpaired) electrons. The largest absolute Gasteiger partial charge is 0.393 e. The number of hydrogen-bond donors (Lipinski definition) is 3. The highest BCUT2D eigenvalue weighted by molar-refractivity contribution is 5.99. The van der Waals surface area contributed by atoms with E-state index in [0.717, 1.165) is 65.1 Å². The molecule has 1 saturated carbocycles. The molecule has 210 valence electrons. The van der Waals surface area contributed by atoms with Crippen molar-refractivity contribution in [2.24, 2.45) is 5.73 Å². The lowest BCUT2D eigenvalue weighted by Gasteiger charge is -2.27. The third-order valence-electron chi connectivity index (χ3n) is 7.89. The summed E-state index contributed by atoms with van der Waals surface area (Å²) in [6, 6.07) is 11.6. The highest BCUT2D eigenvalue weighted by Crippen LogP contribution is 2.34. The topological polar surface area (TPSA) is 137 Å². The van der Waals surface area contributed by atoms with Crippen molar-refractivity contribution in [3.63, 3.8) is 0 Å². The minimum atomic E-state index is -0.497. The first-order valence-electron chi connectivity index (χ1n) is 14.0. The quantitative estimate of drug-likeness (QED) is 0.262. The Morgan fingerprint density at radius 2 is 1.90 bits per heavy atom. The Kier molecular flexibility index (Phi) is 7.00. The number of benzene rings is 1. The Hall–Kier alpha value is -4.57. The predicted molar refractivity (Wildman–Crippen MR) is 158 cm³/mol. The van der Waals surface area contributed by atoms with E-state index in [2.05, 4.69) is 28.7 Å². The van der Waals surface area contributed by atoms with Gasteiger partial charge in [-0.1, -0.05) is 13.8 Å². The van der Waals surface area contributed by atoms with Crippen LogP contribution < -0.4 is 11.1 Å². The molecule has 1 aliphatic carbocycles. The molecule has 0 unspecified atom stereocenters. The molecule has 4 aromatic heterocycles. The number of fused-ring (bicyclic) bond motifs is 1. The van der Waals surface area contributed by atoms with Crippen molar-refractivity contribution in [2.45, 2.75) is 64.5 Å². The highest BCUT2D eigenvalue weighted by atomic mass is 16.3. The summed E-state index contributed by atoms with van der Waals surface area (Å²) in [5.41, 5.74) is 13.0. The van der Waals surface area contributed by atoms with Crippen LogP contribution in [-0.4, -0.2) is 52.5 Å². The van der Waals surface area contributed by atoms with Crippen LogP contribution in [0.25, 0.3) is 33.7 Å². The number of nitrogens with two attached hydrogens (primary N) is 1. The standard InChI is InChI=1S/C31H34N8O2/c1-18(2)28-27-26(38-17-35-29(19(38)3)20-5-4-13-33-16-20)12-14-34-31(27)39(37-28)22-8-11-24(30(32)41)25(15-22)36-21-6-9-23(40)10-7-21/h4-5,8,11-18,21,23,36,40H,6-7,9-10H2,1-3H3,(H2,32,41). The van der Waals surface area contributed by atoms with Crippen molar-refractivity contribution in [2.75, 3.05) is 5.32 Å². The molecule has 4 heterocycles. The van der Waals surface area contributed by atoms with Gasteiger partial charge in [-0.05, 0) is 74.9 Å². The Labute approximate surface area is 238 Å². The van der Waals surface area contributed by atoms with Crippen LogP contribution in [0.5, 0.6) is 0 Å². The lowest BCUT2D eigenvalue weighted by atomic mass is 9.92. The molecule has 1 aliphatic rings. The van der Waals surface area contributed by atoms with E-state index in [-0.39, 0.29) is 18.1 Å². The summed E-state index contributed by atoms with van der Waals surface area (Å²) in [7, 11) is 0. The lowest BCUT2D eigenvalue weighted by molar-refractivity contribution is 0.100. The van der Waals surface area contributed by atoms with Gasteiger partial charge in [0.1, 0.15) is 6.33 Å². The van der Waals surface area contributed by atoms with Crippen molar-refractivity contribution < 1.29 is 9.90 Å². The minimum Gasteiger partial charge on any atom is -0.393 e. The molecule has 0 atom stereocenters. The van der Waals surface area contributed by atoms with Gasteiger partial charge in [-0.15, -0.1) is 0 Å². The molecular formula is C31H34N8O2. The van der Waals surface area contributed by atoms with Gasteiger partial charge in [0.2, 0.25) is 0 Å². The van der Waals surface area contributed by atoms with Crippen LogP contribution in [0.3, 0.4) is 0 Å². The number of primary amides is 1. The normalized spacial score (nSPS) is 17.3. The molecule has 6 rings (SSSR count). The van der Waals surface area contributed by atoms with Crippen LogP contribution in [-0.2, 0) is 0 Å². The van der Waals surface area contributed by atoms with Gasteiger partial charge in [0.05, 0.1) is 39.8 Å². The summed E-state index contributed by atoms with van der Waals surface area (Å²) in [5.74, 6) is -0.372. The summed E-state index contributed by atoms with van der Waals surface area (Å²) in [4.78, 5) is 26.0. The summed E-state index contributed by atoms with van der Waals surface area (Å²) >= 11 is 0. The van der Waals surface area contributed by atoms with E-state index in [1.807, 2.05) is 54.5 Å². The number of pyridine rings is 2. The number of aliphatic hydroxyl groups is 1. The molecule has 1 aromatic carbocycles. The lowest BCUT2D eigenvalue weighted by Crippen LogP contribution is -2.29. The second-order valence-corrected chi connectivity index (χ2v) is 11.0. The molecule has 4 N–H and O–H groups in total. The molecule has 41 heavy (non-hydrogen) atoms. The van der Waals surface area contributed by atoms with E-state index in [4.69, 9.17) is 20.8 Å². The van der Waals surface area contributed by atoms with E-state index < -0.39 is 5.91 Å². The molecular weight excluding hydrogens is 516 g/mol. The number of aliphatic hydroxyl groups excluding tert-OH is 1. The fraction of sp³-hybridized carbons (Fsp3) is 0.323. The molecule has 10 heteroatoms. The number of nitrogens with one attached hydrogen (secondary N) is 1. The van der Waals surface area contributed by atoms with Gasteiger partial charge in [0.25, 0.3) is 5.91 Å². The third kappa shape index (κ3) is 4.95. The van der Waals surface area contributed by atoms with Crippen LogP contribution in [0.4, 0.5) is 5.69 Å². The van der Waals surface area contributed by atoms with E-state index >= 15 is 0 Å². The molecule has 10 nitrogen and oxygen atoms in total. The zero-order chi connectivity index (χ0) is 28.7. The summed E-state index contributed by atoms with van der Waals surface area (Å²) in [5, 5.41) is 19.4. The van der Waals surface area contributed by atoms with Gasteiger partial charge in [-0.3, -0.25) is 9.78 Å². The number of hydrogen-bond acceptors (Lipinski definition) is 7. The van der Waals surface area contributed by atoms with Crippen molar-refractivity contribution >= 4 is 22.6 Å². The van der Waals surface area contributed by atoms with E-state index in [1.165, 1.54) is 0 Å². The van der Waals surface area contributed by atoms with Crippen LogP contribution >= 0.6 is 0 Å². The van der Waals surface area contributed by atoms with Crippen molar-refractivity contribution in [3.05, 3.63) is 78.3 Å². The molecule has 1 fully saturated rings. The first kappa shape index (κ1) is 26.6.